The number of benzene rings is 1. The molecule has 4 aromatic rings. The number of para-hydroxylation sites is 1. The number of fused-ring (bicyclic) bond motifs is 3. The minimum absolute atomic E-state index is 0.108. The van der Waals surface area contributed by atoms with Crippen molar-refractivity contribution in [3.05, 3.63) is 59.0 Å². The predicted octanol–water partition coefficient (Wildman–Crippen LogP) is 2.86. The van der Waals surface area contributed by atoms with Crippen LogP contribution in [0.1, 0.15) is 25.1 Å². The maximum atomic E-state index is 12.8. The number of thioether (sulfide) groups is 1. The molecule has 0 bridgehead atoms. The molecule has 0 amide bonds. The third-order valence-corrected chi connectivity index (χ3v) is 5.01. The van der Waals surface area contributed by atoms with Crippen molar-refractivity contribution in [1.29, 1.82) is 0 Å². The molecule has 0 N–H and O–H groups in total. The van der Waals surface area contributed by atoms with E-state index in [0.29, 0.717) is 40.3 Å². The Morgan fingerprint density at radius 1 is 1.30 bits per heavy atom. The van der Waals surface area contributed by atoms with Crippen LogP contribution in [0.4, 0.5) is 0 Å². The molecule has 0 saturated carbocycles. The zero-order valence-corrected chi connectivity index (χ0v) is 15.6. The van der Waals surface area contributed by atoms with Gasteiger partial charge in [0, 0.05) is 13.0 Å². The molecule has 0 unspecified atom stereocenters. The lowest BCUT2D eigenvalue weighted by Gasteiger charge is -2.09. The second kappa shape index (κ2) is 7.36. The van der Waals surface area contributed by atoms with Gasteiger partial charge in [-0.3, -0.25) is 13.8 Å². The lowest BCUT2D eigenvalue weighted by molar-refractivity contribution is 0.384. The van der Waals surface area contributed by atoms with Gasteiger partial charge in [-0.25, -0.2) is 0 Å². The van der Waals surface area contributed by atoms with E-state index in [9.17, 15) is 4.79 Å². The number of hydrogen-bond acceptors (Lipinski definition) is 7. The van der Waals surface area contributed by atoms with Crippen molar-refractivity contribution in [3.63, 3.8) is 0 Å². The summed E-state index contributed by atoms with van der Waals surface area (Å²) in [5, 5.41) is 13.8. The first-order valence-corrected chi connectivity index (χ1v) is 9.63. The van der Waals surface area contributed by atoms with Crippen LogP contribution in [0.25, 0.3) is 16.7 Å². The van der Waals surface area contributed by atoms with Gasteiger partial charge in [0.1, 0.15) is 0 Å². The van der Waals surface area contributed by atoms with E-state index in [2.05, 4.69) is 33.8 Å². The first-order valence-electron chi connectivity index (χ1n) is 8.64. The highest BCUT2D eigenvalue weighted by Crippen LogP contribution is 2.24. The Morgan fingerprint density at radius 2 is 2.15 bits per heavy atom. The van der Waals surface area contributed by atoms with Crippen molar-refractivity contribution in [3.8, 4) is 0 Å². The third-order valence-electron chi connectivity index (χ3n) is 4.10. The minimum Gasteiger partial charge on any atom is -0.338 e. The lowest BCUT2D eigenvalue weighted by atomic mass is 10.2. The summed E-state index contributed by atoms with van der Waals surface area (Å²) < 4.78 is 8.74. The number of aryl methyl sites for hydroxylation is 1. The number of nitrogens with zero attached hydrogens (tertiary/aromatic N) is 6. The van der Waals surface area contributed by atoms with Gasteiger partial charge in [0.05, 0.1) is 16.7 Å². The average Bonchev–Trinajstić information content (AvgIpc) is 3.31. The highest BCUT2D eigenvalue weighted by molar-refractivity contribution is 7.98. The molecule has 0 radical (unpaired) electrons. The molecule has 0 atom stereocenters. The minimum atomic E-state index is -0.108. The molecule has 3 heterocycles. The Hall–Kier alpha value is -2.94. The van der Waals surface area contributed by atoms with Crippen molar-refractivity contribution in [2.24, 2.45) is 0 Å². The fraction of sp³-hybridized carbons (Fsp3) is 0.278. The van der Waals surface area contributed by atoms with Gasteiger partial charge < -0.3 is 4.52 Å². The highest BCUT2D eigenvalue weighted by Gasteiger charge is 2.17. The van der Waals surface area contributed by atoms with Gasteiger partial charge in [0.2, 0.25) is 11.7 Å². The molecule has 3 aromatic heterocycles. The van der Waals surface area contributed by atoms with E-state index < -0.39 is 0 Å². The molecule has 1 aromatic carbocycles. The van der Waals surface area contributed by atoms with Gasteiger partial charge in [0.25, 0.3) is 5.56 Å². The largest absolute Gasteiger partial charge is 0.338 e. The van der Waals surface area contributed by atoms with Gasteiger partial charge in [-0.05, 0) is 18.6 Å². The molecular formula is C18H18N6O2S. The number of aromatic nitrogens is 6. The number of allylic oxidation sites excluding steroid dienone is 1. The number of rotatable bonds is 7. The van der Waals surface area contributed by atoms with Crippen LogP contribution in [0.2, 0.25) is 0 Å². The first kappa shape index (κ1) is 17.5. The SMILES string of the molecule is C=CCn1c(=O)c2ccccc2n2c(SCc3nc(CCC)no3)nnc12. The molecule has 8 nitrogen and oxygen atoms in total. The van der Waals surface area contributed by atoms with Crippen molar-refractivity contribution >= 4 is 28.4 Å². The smallest absolute Gasteiger partial charge is 0.263 e. The quantitative estimate of drug-likeness (QED) is 0.358. The molecule has 4 rings (SSSR count). The Balaban J connectivity index is 1.77. The molecule has 138 valence electrons. The second-order valence-corrected chi connectivity index (χ2v) is 6.93. The summed E-state index contributed by atoms with van der Waals surface area (Å²) >= 11 is 1.44. The van der Waals surface area contributed by atoms with E-state index in [1.807, 2.05) is 22.6 Å². The molecular weight excluding hydrogens is 364 g/mol. The summed E-state index contributed by atoms with van der Waals surface area (Å²) in [4.78, 5) is 17.2. The standard InChI is InChI=1S/C18H18N6O2S/c1-3-7-14-19-15(26-22-14)11-27-18-21-20-17-23(10-4-2)16(25)12-8-5-6-9-13(12)24(17)18/h4-6,8-9H,2-3,7,10-11H2,1H3. The van der Waals surface area contributed by atoms with Crippen LogP contribution in [-0.4, -0.2) is 29.3 Å². The van der Waals surface area contributed by atoms with E-state index in [-0.39, 0.29) is 5.56 Å². The van der Waals surface area contributed by atoms with Crippen LogP contribution in [0, 0.1) is 0 Å². The molecule has 0 spiro atoms. The first-order chi connectivity index (χ1) is 13.2. The van der Waals surface area contributed by atoms with Crippen molar-refractivity contribution in [2.75, 3.05) is 0 Å². The molecule has 0 aliphatic carbocycles. The van der Waals surface area contributed by atoms with Crippen molar-refractivity contribution in [1.82, 2.24) is 29.3 Å². The second-order valence-electron chi connectivity index (χ2n) is 5.98. The summed E-state index contributed by atoms with van der Waals surface area (Å²) in [5.41, 5.74) is 0.658. The van der Waals surface area contributed by atoms with Crippen LogP contribution >= 0.6 is 11.8 Å². The third kappa shape index (κ3) is 3.14. The van der Waals surface area contributed by atoms with Crippen LogP contribution in [0.15, 0.2) is 51.4 Å². The van der Waals surface area contributed by atoms with Gasteiger partial charge in [-0.15, -0.1) is 16.8 Å². The molecule has 0 aliphatic heterocycles. The molecule has 0 fully saturated rings. The Kier molecular flexibility index (Phi) is 4.76. The van der Waals surface area contributed by atoms with Gasteiger partial charge in [0.15, 0.2) is 11.0 Å². The van der Waals surface area contributed by atoms with E-state index in [0.717, 1.165) is 18.4 Å². The summed E-state index contributed by atoms with van der Waals surface area (Å²) in [5.74, 6) is 2.22. The normalized spacial score (nSPS) is 11.4. The number of hydrogen-bond donors (Lipinski definition) is 0. The van der Waals surface area contributed by atoms with E-state index in [4.69, 9.17) is 4.52 Å². The zero-order chi connectivity index (χ0) is 18.8. The monoisotopic (exact) mass is 382 g/mol. The van der Waals surface area contributed by atoms with Crippen LogP contribution in [-0.2, 0) is 18.7 Å². The van der Waals surface area contributed by atoms with Crippen LogP contribution in [0.3, 0.4) is 0 Å². The Morgan fingerprint density at radius 3 is 2.96 bits per heavy atom. The summed E-state index contributed by atoms with van der Waals surface area (Å²) in [6.45, 7) is 6.17. The summed E-state index contributed by atoms with van der Waals surface area (Å²) in [6, 6.07) is 7.43. The predicted molar refractivity (Wildman–Crippen MR) is 103 cm³/mol. The fourth-order valence-electron chi connectivity index (χ4n) is 2.92. The van der Waals surface area contributed by atoms with E-state index >= 15 is 0 Å². The summed E-state index contributed by atoms with van der Waals surface area (Å²) in [7, 11) is 0. The maximum Gasteiger partial charge on any atom is 0.263 e. The van der Waals surface area contributed by atoms with Crippen molar-refractivity contribution < 1.29 is 4.52 Å². The molecule has 9 heteroatoms. The molecule has 0 saturated heterocycles. The van der Waals surface area contributed by atoms with E-state index in [1.165, 1.54) is 11.8 Å². The van der Waals surface area contributed by atoms with Crippen molar-refractivity contribution in [2.45, 2.75) is 37.2 Å². The Labute approximate surface area is 158 Å². The topological polar surface area (TPSA) is 91.1 Å². The van der Waals surface area contributed by atoms with Gasteiger partial charge in [-0.1, -0.05) is 42.1 Å². The summed E-state index contributed by atoms with van der Waals surface area (Å²) in [6.07, 6.45) is 3.43. The van der Waals surface area contributed by atoms with Crippen LogP contribution in [0.5, 0.6) is 0 Å². The average molecular weight is 382 g/mol. The Bertz CT molecular complexity index is 1180. The lowest BCUT2D eigenvalue weighted by Crippen LogP contribution is -2.22. The maximum absolute atomic E-state index is 12.8. The zero-order valence-electron chi connectivity index (χ0n) is 14.8. The van der Waals surface area contributed by atoms with Gasteiger partial charge >= 0.3 is 0 Å². The molecule has 27 heavy (non-hydrogen) atoms. The van der Waals surface area contributed by atoms with E-state index in [1.54, 1.807) is 16.7 Å². The highest BCUT2D eigenvalue weighted by atomic mass is 32.2. The van der Waals surface area contributed by atoms with Gasteiger partial charge in [-0.2, -0.15) is 4.98 Å². The fourth-order valence-corrected chi connectivity index (χ4v) is 3.70. The van der Waals surface area contributed by atoms with Crippen LogP contribution < -0.4 is 5.56 Å². The molecule has 0 aliphatic rings.